The Morgan fingerprint density at radius 3 is 1.77 bits per heavy atom. The number of aliphatic hydroxyl groups is 1. The van der Waals surface area contributed by atoms with Crippen molar-refractivity contribution >= 4 is 65.7 Å². The van der Waals surface area contributed by atoms with Gasteiger partial charge in [-0.2, -0.15) is 13.2 Å². The van der Waals surface area contributed by atoms with E-state index in [1.54, 1.807) is 25.7 Å². The number of ether oxygens (including phenoxy) is 5. The molecule has 0 saturated carbocycles. The van der Waals surface area contributed by atoms with Crippen LogP contribution in [0.4, 0.5) is 22.8 Å². The molecule has 544 valence electrons. The summed E-state index contributed by atoms with van der Waals surface area (Å²) in [4.78, 5) is 129. The van der Waals surface area contributed by atoms with Crippen LogP contribution in [-0.4, -0.2) is 226 Å². The fourth-order valence-electron chi connectivity index (χ4n) is 10.6. The van der Waals surface area contributed by atoms with E-state index in [2.05, 4.69) is 43.9 Å². The molecule has 12 atom stereocenters. The molecule has 7 aliphatic rings. The van der Waals surface area contributed by atoms with Gasteiger partial charge in [0, 0.05) is 25.4 Å². The van der Waals surface area contributed by atoms with E-state index in [0.717, 1.165) is 41.6 Å². The van der Waals surface area contributed by atoms with Crippen molar-refractivity contribution < 1.29 is 169 Å². The Morgan fingerprint density at radius 2 is 1.31 bits per heavy atom. The predicted molar refractivity (Wildman–Crippen MR) is 318 cm³/mol. The second kappa shape index (κ2) is 39.1. The number of likely N-dealkylation sites (tertiary alicyclic amines) is 2. The number of hydrogen-bond donors (Lipinski definition) is 8. The fraction of sp³-hybridized carbons (Fsp3) is 0.617. The summed E-state index contributed by atoms with van der Waals surface area (Å²) in [5, 5.41) is 44.2. The van der Waals surface area contributed by atoms with Gasteiger partial charge >= 0.3 is 337 Å². The third-order valence-corrected chi connectivity index (χ3v) is 17.6. The number of carboxylic acids is 3. The number of piperazine rings is 1. The van der Waals surface area contributed by atoms with Gasteiger partial charge in [-0.1, -0.05) is 56.0 Å². The number of alkyl halides is 3. The summed E-state index contributed by atoms with van der Waals surface area (Å²) in [6.45, 7) is 14.4. The van der Waals surface area contributed by atoms with E-state index in [4.69, 9.17) is 48.9 Å². The van der Waals surface area contributed by atoms with Gasteiger partial charge < -0.3 is 46.0 Å². The summed E-state index contributed by atoms with van der Waals surface area (Å²) >= 11 is 5.76. The maximum absolute atomic E-state index is 12.6. The molecule has 0 unspecified atom stereocenters. The smallest absolute Gasteiger partial charge is 0.481 e. The first-order chi connectivity index (χ1) is 44.5. The Hall–Kier alpha value is -6.66. The van der Waals surface area contributed by atoms with Gasteiger partial charge in [-0.3, -0.25) is 19.2 Å². The van der Waals surface area contributed by atoms with Gasteiger partial charge in [0.25, 0.3) is 0 Å². The molecule has 0 aromatic heterocycles. The van der Waals surface area contributed by atoms with Crippen LogP contribution >= 0.6 is 0 Å². The summed E-state index contributed by atoms with van der Waals surface area (Å²) in [5.74, 6) is -6.76. The Bertz CT molecular complexity index is 3070. The molecule has 0 bridgehead atoms. The second-order valence-corrected chi connectivity index (χ2v) is 25.3. The van der Waals surface area contributed by atoms with Gasteiger partial charge in [0.2, 0.25) is 11.8 Å². The van der Waals surface area contributed by atoms with Crippen LogP contribution in [0, 0.1) is 5.92 Å². The number of methoxy groups -OCH3 is 1. The molecule has 2 aromatic carbocycles. The summed E-state index contributed by atoms with van der Waals surface area (Å²) in [6.07, 6.45) is -4.61. The van der Waals surface area contributed by atoms with E-state index in [0.29, 0.717) is 44.9 Å². The maximum atomic E-state index is 12.6. The van der Waals surface area contributed by atoms with Crippen LogP contribution in [0.15, 0.2) is 59.0 Å². The van der Waals surface area contributed by atoms with Crippen LogP contribution in [0.25, 0.3) is 11.1 Å². The number of nitrogens with one attached hydrogen (secondary N) is 4. The molecule has 6 saturated heterocycles. The van der Waals surface area contributed by atoms with Crippen molar-refractivity contribution in [3.63, 3.8) is 0 Å². The molecule has 2 aromatic rings. The number of aliphatic hydroxyl groups excluding tert-OH is 1. The summed E-state index contributed by atoms with van der Waals surface area (Å²) in [5.41, 5.74) is 3.91. The number of carbonyl (C=O) groups excluding carboxylic acids is 8. The minimum absolute atomic E-state index is 0. The number of carbonyl (C=O) groups is 11. The van der Waals surface area contributed by atoms with E-state index in [1.165, 1.54) is 30.8 Å². The second-order valence-electron chi connectivity index (χ2n) is 23.5. The number of rotatable bonds is 14. The number of fused-ring (bicyclic) bond motifs is 4. The molecule has 6 heterocycles. The first kappa shape index (κ1) is 83.6. The van der Waals surface area contributed by atoms with Crippen molar-refractivity contribution in [3.05, 3.63) is 59.7 Å². The van der Waals surface area contributed by atoms with E-state index in [9.17, 15) is 61.1 Å². The van der Waals surface area contributed by atoms with Gasteiger partial charge in [0.1, 0.15) is 24.7 Å². The minimum atomic E-state index is -5.08. The Balaban J connectivity index is 0.000000327. The Kier molecular flexibility index (Phi) is 34.0. The minimum Gasteiger partial charge on any atom is -0.481 e. The van der Waals surface area contributed by atoms with Gasteiger partial charge in [-0.25, -0.2) is 9.59 Å². The molecule has 1 aliphatic carbocycles. The van der Waals surface area contributed by atoms with Gasteiger partial charge in [-0.15, -0.1) is 0 Å². The first-order valence-electron chi connectivity index (χ1n) is 29.8. The normalized spacial score (nSPS) is 24.6. The van der Waals surface area contributed by atoms with Crippen LogP contribution in [-0.2, 0) is 126 Å². The standard InChI is InChI=1S/C24H23N3O6.C11H18N2O4.C11H18N2O3.C6H10N2O2.C5H9NO3.C2HF3O2.CH4.3Pt/c28-21(29)10-19-23(31)27-11-13(9-20(27)22(30)26-19)25-24(32)33-12-18-16-7-3-1-5-14(16)15-6-2-4-8-17(15)18;1-7(14)16-9-5-8(12)6-13(9)10(15)17-11(2,3)4;1-4-7(2)10(14)13-6-8(12)5-9(13)11(15)16-3;1-4(9)10-6-2-5(7)3-8-6;7-3-1-4(5(8)9)6-2-3;3-2(4,5)1(6)7;;;;/h1-8,13,18-20H,9-12H2,(H,25,32)(H,26,30)(H,28,29);8-9H,5-6H2,1-4H3;7-9H,4-6H2,1-3H3;5-6,8H,2-3H2,1H3;3-4,6-7H,1-2H2,(H,8,9);(H,6,7);1H4;;;/t13-,19-,20-;8-,9+;7-,8-,9-;5-,6+;3-,4+;;;;;/m00001...../s1. The predicted octanol–water partition coefficient (Wildman–Crippen LogP) is 4.02. The van der Waals surface area contributed by atoms with Crippen LogP contribution in [0.2, 0.25) is 0 Å². The average molecular weight is 1910 g/mol. The Labute approximate surface area is 586 Å². The molecule has 36 heteroatoms. The van der Waals surface area contributed by atoms with E-state index in [-0.39, 0.29) is 75.0 Å². The molecule has 5 amide bonds. The number of amides is 5. The summed E-state index contributed by atoms with van der Waals surface area (Å²) in [7, 11) is 1.35. The number of β-amino-alcohol motifs (C(OH)–C–C–N with tert-alkyl or cyclic N) is 1. The zero-order chi connectivity index (χ0) is 71.2. The molecule has 6 aliphatic heterocycles. The zero-order valence-electron chi connectivity index (χ0n) is 52.9. The van der Waals surface area contributed by atoms with Crippen molar-refractivity contribution in [3.8, 4) is 11.1 Å². The number of halogens is 3. The number of carboxylic acid groups (broad SMARTS) is 3. The number of alkyl carbamates (subject to hydrolysis) is 1. The van der Waals surface area contributed by atoms with Crippen molar-refractivity contribution in [2.24, 2.45) is 16.4 Å². The number of benzene rings is 2. The summed E-state index contributed by atoms with van der Waals surface area (Å²) in [6, 6.07) is 13.1. The van der Waals surface area contributed by atoms with Crippen molar-refractivity contribution in [1.29, 1.82) is 0 Å². The molecule has 6 fully saturated rings. The molecular formula is C60H83F3N10O20Pt3. The number of hydrogen-bond acceptors (Lipinski definition) is 22. The van der Waals surface area contributed by atoms with Gasteiger partial charge in [-0.05, 0) is 28.7 Å². The van der Waals surface area contributed by atoms with Crippen LogP contribution < -0.4 is 21.3 Å². The van der Waals surface area contributed by atoms with E-state index >= 15 is 0 Å². The molecule has 8 N–H and O–H groups in total. The fourth-order valence-corrected chi connectivity index (χ4v) is 11.9. The molecule has 9 rings (SSSR count). The molecular weight excluding hydrogens is 1820 g/mol. The third-order valence-electron chi connectivity index (χ3n) is 15.1. The molecule has 0 radical (unpaired) electrons. The number of nitrogens with zero attached hydrogens (tertiary/aromatic N) is 6. The van der Waals surface area contributed by atoms with Crippen LogP contribution in [0.3, 0.4) is 0 Å². The van der Waals surface area contributed by atoms with Crippen molar-refractivity contribution in [1.82, 2.24) is 36.0 Å². The zero-order valence-corrected chi connectivity index (χ0v) is 59.7. The third kappa shape index (κ3) is 25.6. The molecule has 96 heavy (non-hydrogen) atoms. The monoisotopic (exact) mass is 1910 g/mol. The maximum Gasteiger partial charge on any atom is 0.490 e. The molecule has 30 nitrogen and oxygen atoms in total. The van der Waals surface area contributed by atoms with Gasteiger partial charge in [0.05, 0.1) is 18.6 Å². The van der Waals surface area contributed by atoms with Gasteiger partial charge in [0.15, 0.2) is 0 Å². The van der Waals surface area contributed by atoms with Crippen molar-refractivity contribution in [2.45, 2.75) is 185 Å². The van der Waals surface area contributed by atoms with E-state index in [1.807, 2.05) is 109 Å². The Morgan fingerprint density at radius 1 is 0.760 bits per heavy atom. The summed E-state index contributed by atoms with van der Waals surface area (Å²) < 4.78 is 69.7. The molecule has 0 spiro atoms. The van der Waals surface area contributed by atoms with Crippen LogP contribution in [0.5, 0.6) is 0 Å². The van der Waals surface area contributed by atoms with Crippen molar-refractivity contribution in [2.75, 3.05) is 46.4 Å². The topological polar surface area (TPSA) is 410 Å². The number of aliphatic carboxylic acids is 3. The van der Waals surface area contributed by atoms with Crippen LogP contribution in [0.1, 0.15) is 118 Å². The SMILES string of the molecule is C.CC(=O)O[C@@H]1C[C@H]([N]=[Pt])CN1.CC(=O)O[C@@H]1C[C@H]([N]=[Pt])CN1C(=O)OC(C)(C)C.CC[C@H](C)C(=O)N1C[C@@H]([N]=[Pt])C[C@H]1C(=O)OC.O=C(O)C(F)(F)F.O=C(O)C[C@@H]1NC(=O)[C@@H]2C[C@H](NC(=O)OCC3c4ccccc4-c4ccccc43)CN2C1=O.O=C(O)[C@@H]1C[C@@H](O)CN1. The van der Waals surface area contributed by atoms with E-state index < -0.39 is 109 Å². The first-order valence-corrected chi connectivity index (χ1v) is 32.8. The average Bonchev–Trinajstić information content (AvgIpc) is 1.62. The quantitative estimate of drug-likeness (QED) is 0.0978. The number of esters is 3. The largest absolute Gasteiger partial charge is 0.490 e.